The van der Waals surface area contributed by atoms with Crippen LogP contribution in [0.4, 0.5) is 10.1 Å². The molecule has 3 heterocycles. The molecule has 0 saturated carbocycles. The maximum Gasteiger partial charge on any atom is 0.230 e. The summed E-state index contributed by atoms with van der Waals surface area (Å²) < 4.78 is 33.9. The molecule has 0 N–H and O–H groups in total. The van der Waals surface area contributed by atoms with E-state index in [9.17, 15) is 9.59 Å². The van der Waals surface area contributed by atoms with Crippen molar-refractivity contribution in [3.05, 3.63) is 87.2 Å². The van der Waals surface area contributed by atoms with Gasteiger partial charge in [0.2, 0.25) is 5.88 Å². The molecule has 10 nitrogen and oxygen atoms in total. The Labute approximate surface area is 272 Å². The normalized spacial score (nSPS) is 13.7. The van der Waals surface area contributed by atoms with Gasteiger partial charge in [0.25, 0.3) is 0 Å². The highest BCUT2D eigenvalue weighted by Crippen LogP contribution is 2.36. The molecule has 1 fully saturated rings. The van der Waals surface area contributed by atoms with E-state index in [0.29, 0.717) is 39.0 Å². The van der Waals surface area contributed by atoms with Crippen molar-refractivity contribution in [3.63, 3.8) is 0 Å². The molecule has 47 heavy (non-hydrogen) atoms. The number of ketones is 1. The van der Waals surface area contributed by atoms with Gasteiger partial charge in [-0.15, -0.1) is 0 Å². The van der Waals surface area contributed by atoms with E-state index in [2.05, 4.69) is 39.8 Å². The molecular weight excluding hydrogens is 601 g/mol. The molecule has 11 heteroatoms. The van der Waals surface area contributed by atoms with Gasteiger partial charge in [0.05, 0.1) is 36.2 Å². The number of nitrogens with zero attached hydrogens (tertiary/aromatic N) is 5. The number of ether oxygens (including phenoxy) is 3. The van der Waals surface area contributed by atoms with Gasteiger partial charge in [0.15, 0.2) is 34.3 Å². The molecule has 1 aliphatic rings. The molecule has 0 radical (unpaired) electrons. The summed E-state index contributed by atoms with van der Waals surface area (Å²) in [5.41, 5.74) is 4.33. The molecule has 6 rings (SSSR count). The lowest BCUT2D eigenvalue weighted by Crippen LogP contribution is -2.44. The van der Waals surface area contributed by atoms with Crippen LogP contribution in [0, 0.1) is 12.7 Å². The second-order valence-corrected chi connectivity index (χ2v) is 11.9. The summed E-state index contributed by atoms with van der Waals surface area (Å²) in [6.45, 7) is 7.64. The third-order valence-corrected chi connectivity index (χ3v) is 9.07. The predicted molar refractivity (Wildman–Crippen MR) is 180 cm³/mol. The van der Waals surface area contributed by atoms with Crippen molar-refractivity contribution >= 4 is 33.3 Å². The number of methoxy groups -OCH3 is 2. The molecule has 244 valence electrons. The number of carbonyl (C=O) groups is 1. The Morgan fingerprint density at radius 1 is 0.915 bits per heavy atom. The number of rotatable bonds is 9. The Morgan fingerprint density at radius 3 is 2.32 bits per heavy atom. The maximum atomic E-state index is 15.4. The number of pyridine rings is 1. The number of hydrogen-bond acceptors (Lipinski definition) is 9. The highest BCUT2D eigenvalue weighted by Gasteiger charge is 2.23. The molecule has 0 aliphatic carbocycles. The Hall–Kier alpha value is -5.03. The number of likely N-dealkylation sites (N-methyl/N-ethyl adjacent to an activating group) is 1. The summed E-state index contributed by atoms with van der Waals surface area (Å²) in [5, 5.41) is 1.02. The molecule has 1 aliphatic heterocycles. The van der Waals surface area contributed by atoms with Crippen molar-refractivity contribution in [1.82, 2.24) is 19.4 Å². The van der Waals surface area contributed by atoms with Crippen molar-refractivity contribution in [2.75, 3.05) is 52.3 Å². The van der Waals surface area contributed by atoms with Crippen LogP contribution in [-0.2, 0) is 19.9 Å². The SMILES string of the molecule is CCc1cc2c(=O)c(C(=O)Cc3ccc(Oc4ncnc5cc(OC)c(OC)cc45)c(F)c3)c(C)n(C)c2cc1N1CCN(C)CC1. The first-order chi connectivity index (χ1) is 22.6. The van der Waals surface area contributed by atoms with Crippen molar-refractivity contribution < 1.29 is 23.4 Å². The number of carbonyl (C=O) groups excluding carboxylic acids is 1. The molecule has 1 saturated heterocycles. The number of Topliss-reactive ketones (excluding diaryl/α,β-unsaturated/α-hetero) is 1. The Morgan fingerprint density at radius 2 is 1.64 bits per heavy atom. The van der Waals surface area contributed by atoms with Gasteiger partial charge in [-0.1, -0.05) is 13.0 Å². The quantitative estimate of drug-likeness (QED) is 0.194. The van der Waals surface area contributed by atoms with Crippen LogP contribution in [0.5, 0.6) is 23.1 Å². The smallest absolute Gasteiger partial charge is 0.230 e. The lowest BCUT2D eigenvalue weighted by atomic mass is 9.97. The second kappa shape index (κ2) is 13.0. The van der Waals surface area contributed by atoms with Crippen LogP contribution >= 0.6 is 0 Å². The van der Waals surface area contributed by atoms with Gasteiger partial charge in [-0.3, -0.25) is 9.59 Å². The van der Waals surface area contributed by atoms with Gasteiger partial charge in [-0.05, 0) is 61.9 Å². The van der Waals surface area contributed by atoms with Crippen LogP contribution in [0.1, 0.15) is 34.1 Å². The number of piperazine rings is 1. The summed E-state index contributed by atoms with van der Waals surface area (Å²) in [6.07, 6.45) is 1.93. The maximum absolute atomic E-state index is 15.4. The summed E-state index contributed by atoms with van der Waals surface area (Å²) in [5.74, 6) is -0.0435. The largest absolute Gasteiger partial charge is 0.493 e. The highest BCUT2D eigenvalue weighted by molar-refractivity contribution is 6.01. The number of halogens is 1. The van der Waals surface area contributed by atoms with Gasteiger partial charge in [-0.2, -0.15) is 0 Å². The fraction of sp³-hybridized carbons (Fsp3) is 0.333. The number of benzene rings is 3. The molecule has 0 spiro atoms. The first-order valence-corrected chi connectivity index (χ1v) is 15.6. The van der Waals surface area contributed by atoms with Gasteiger partial charge < -0.3 is 28.6 Å². The minimum Gasteiger partial charge on any atom is -0.493 e. The van der Waals surface area contributed by atoms with Gasteiger partial charge in [0.1, 0.15) is 6.33 Å². The van der Waals surface area contributed by atoms with Crippen LogP contribution in [0.15, 0.2) is 53.6 Å². The van der Waals surface area contributed by atoms with E-state index in [-0.39, 0.29) is 34.8 Å². The van der Waals surface area contributed by atoms with E-state index in [1.54, 1.807) is 25.1 Å². The van der Waals surface area contributed by atoms with Crippen molar-refractivity contribution in [2.24, 2.45) is 7.05 Å². The fourth-order valence-corrected chi connectivity index (χ4v) is 6.24. The number of aromatic nitrogens is 3. The van der Waals surface area contributed by atoms with Crippen molar-refractivity contribution in [3.8, 4) is 23.1 Å². The molecule has 0 unspecified atom stereocenters. The predicted octanol–water partition coefficient (Wildman–Crippen LogP) is 5.48. The molecule has 2 aromatic heterocycles. The summed E-state index contributed by atoms with van der Waals surface area (Å²) >= 11 is 0. The zero-order chi connectivity index (χ0) is 33.4. The third kappa shape index (κ3) is 5.98. The first-order valence-electron chi connectivity index (χ1n) is 15.6. The number of anilines is 1. The summed E-state index contributed by atoms with van der Waals surface area (Å²) in [6, 6.07) is 11.7. The molecule has 0 amide bonds. The molecule has 0 atom stereocenters. The molecule has 3 aromatic carbocycles. The van der Waals surface area contributed by atoms with Gasteiger partial charge in [0, 0.05) is 62.5 Å². The summed E-state index contributed by atoms with van der Waals surface area (Å²) in [4.78, 5) is 40.7. The van der Waals surface area contributed by atoms with Crippen LogP contribution in [-0.4, -0.2) is 72.7 Å². The second-order valence-electron chi connectivity index (χ2n) is 11.9. The van der Waals surface area contributed by atoms with E-state index in [4.69, 9.17) is 14.2 Å². The Kier molecular flexibility index (Phi) is 8.83. The Balaban J connectivity index is 1.28. The molecular formula is C36H38FN5O5. The minimum atomic E-state index is -0.672. The number of aryl methyl sites for hydroxylation is 2. The number of hydrogen-bond donors (Lipinski definition) is 0. The first kappa shape index (κ1) is 31.9. The van der Waals surface area contributed by atoms with Crippen molar-refractivity contribution in [1.29, 1.82) is 0 Å². The highest BCUT2D eigenvalue weighted by atomic mass is 19.1. The molecule has 0 bridgehead atoms. The number of fused-ring (bicyclic) bond motifs is 2. The average molecular weight is 640 g/mol. The lowest BCUT2D eigenvalue weighted by molar-refractivity contribution is 0.0990. The van der Waals surface area contributed by atoms with Crippen LogP contribution < -0.4 is 24.5 Å². The zero-order valence-corrected chi connectivity index (χ0v) is 27.5. The van der Waals surface area contributed by atoms with E-state index < -0.39 is 5.82 Å². The van der Waals surface area contributed by atoms with E-state index in [1.165, 1.54) is 32.7 Å². The monoisotopic (exact) mass is 639 g/mol. The van der Waals surface area contributed by atoms with E-state index in [1.807, 2.05) is 17.7 Å². The standard InChI is InChI=1S/C36H38FN5O5/c1-7-23-16-25-29(19-28(23)42-12-10-40(3)11-13-42)41(4)21(2)34(35(25)44)30(43)15-22-8-9-31(26(37)14-22)47-36-24-17-32(45-5)33(46-6)18-27(24)38-20-39-36/h8-9,14,16-20H,7,10-13,15H2,1-6H3. The van der Waals surface area contributed by atoms with Crippen LogP contribution in [0.2, 0.25) is 0 Å². The van der Waals surface area contributed by atoms with E-state index in [0.717, 1.165) is 49.4 Å². The third-order valence-electron chi connectivity index (χ3n) is 9.07. The van der Waals surface area contributed by atoms with E-state index >= 15 is 4.39 Å². The van der Waals surface area contributed by atoms with Crippen molar-refractivity contribution in [2.45, 2.75) is 26.7 Å². The zero-order valence-electron chi connectivity index (χ0n) is 27.5. The van der Waals surface area contributed by atoms with Gasteiger partial charge >= 0.3 is 0 Å². The van der Waals surface area contributed by atoms with Crippen LogP contribution in [0.3, 0.4) is 0 Å². The molecule has 5 aromatic rings. The van der Waals surface area contributed by atoms with Gasteiger partial charge in [-0.25, -0.2) is 14.4 Å². The fourth-order valence-electron chi connectivity index (χ4n) is 6.24. The van der Waals surface area contributed by atoms with Crippen LogP contribution in [0.25, 0.3) is 21.8 Å². The minimum absolute atomic E-state index is 0.0722. The topological polar surface area (TPSA) is 99.0 Å². The lowest BCUT2D eigenvalue weighted by Gasteiger charge is -2.35. The Bertz CT molecular complexity index is 2070. The summed E-state index contributed by atoms with van der Waals surface area (Å²) in [7, 11) is 7.03. The average Bonchev–Trinajstić information content (AvgIpc) is 3.07.